The van der Waals surface area contributed by atoms with Crippen LogP contribution in [0.15, 0.2) is 46.0 Å². The molecule has 0 radical (unpaired) electrons. The van der Waals surface area contributed by atoms with Crippen LogP contribution in [0.3, 0.4) is 0 Å². The van der Waals surface area contributed by atoms with E-state index < -0.39 is 17.9 Å². The third-order valence-electron chi connectivity index (χ3n) is 4.28. The molecule has 31 heavy (non-hydrogen) atoms. The molecule has 0 fully saturated rings. The highest BCUT2D eigenvalue weighted by molar-refractivity contribution is 9.10. The summed E-state index contributed by atoms with van der Waals surface area (Å²) in [4.78, 5) is 25.2. The zero-order valence-electron chi connectivity index (χ0n) is 17.7. The first-order valence-electron chi connectivity index (χ1n) is 9.67. The number of halogens is 2. The summed E-state index contributed by atoms with van der Waals surface area (Å²) in [6.45, 7) is 6.00. The van der Waals surface area contributed by atoms with E-state index in [2.05, 4.69) is 31.8 Å². The standard InChI is InChI=1S/C22H25BrClN3O4/c1-5-31-18-11-14(10-16(23)20(18)30-4)12-25-27-22(29)19(13(2)3)26-21(28)15-8-6-7-9-17(15)24/h6-13,19H,5H2,1-4H3,(H,26,28)(H,27,29). The van der Waals surface area contributed by atoms with E-state index in [1.54, 1.807) is 43.5 Å². The number of benzene rings is 2. The Labute approximate surface area is 195 Å². The summed E-state index contributed by atoms with van der Waals surface area (Å²) in [6, 6.07) is 9.41. The Hall–Kier alpha value is -2.58. The van der Waals surface area contributed by atoms with Crippen molar-refractivity contribution in [2.24, 2.45) is 11.0 Å². The second-order valence-electron chi connectivity index (χ2n) is 6.88. The third kappa shape index (κ3) is 6.70. The van der Waals surface area contributed by atoms with Gasteiger partial charge in [0.15, 0.2) is 11.5 Å². The number of nitrogens with one attached hydrogen (secondary N) is 2. The SMILES string of the molecule is CCOc1cc(C=NNC(=O)C(NC(=O)c2ccccc2Cl)C(C)C)cc(Br)c1OC. The van der Waals surface area contributed by atoms with Gasteiger partial charge in [-0.25, -0.2) is 5.43 Å². The van der Waals surface area contributed by atoms with E-state index in [0.717, 1.165) is 0 Å². The minimum atomic E-state index is -0.789. The van der Waals surface area contributed by atoms with Gasteiger partial charge in [-0.2, -0.15) is 5.10 Å². The number of hydrogen-bond donors (Lipinski definition) is 2. The molecule has 0 aromatic heterocycles. The summed E-state index contributed by atoms with van der Waals surface area (Å²) >= 11 is 9.51. The van der Waals surface area contributed by atoms with Crippen molar-refractivity contribution in [1.82, 2.24) is 10.7 Å². The highest BCUT2D eigenvalue weighted by atomic mass is 79.9. The molecule has 0 saturated heterocycles. The number of carbonyl (C=O) groups excluding carboxylic acids is 2. The molecule has 0 heterocycles. The average molecular weight is 511 g/mol. The van der Waals surface area contributed by atoms with Gasteiger partial charge in [-0.3, -0.25) is 9.59 Å². The molecule has 7 nitrogen and oxygen atoms in total. The molecule has 2 rings (SSSR count). The van der Waals surface area contributed by atoms with Crippen molar-refractivity contribution in [2.45, 2.75) is 26.8 Å². The third-order valence-corrected chi connectivity index (χ3v) is 5.20. The number of nitrogens with zero attached hydrogens (tertiary/aromatic N) is 1. The normalized spacial score (nSPS) is 12.0. The van der Waals surface area contributed by atoms with E-state index in [1.165, 1.54) is 6.21 Å². The molecule has 166 valence electrons. The lowest BCUT2D eigenvalue weighted by Gasteiger charge is -2.20. The largest absolute Gasteiger partial charge is 0.492 e. The van der Waals surface area contributed by atoms with E-state index >= 15 is 0 Å². The van der Waals surface area contributed by atoms with Crippen LogP contribution in [0.4, 0.5) is 0 Å². The van der Waals surface area contributed by atoms with Crippen molar-refractivity contribution >= 4 is 45.6 Å². The number of amides is 2. The second-order valence-corrected chi connectivity index (χ2v) is 8.14. The van der Waals surface area contributed by atoms with E-state index in [1.807, 2.05) is 20.8 Å². The van der Waals surface area contributed by atoms with Crippen LogP contribution in [-0.2, 0) is 4.79 Å². The van der Waals surface area contributed by atoms with E-state index in [0.29, 0.717) is 38.7 Å². The molecule has 0 spiro atoms. The number of hydrogen-bond acceptors (Lipinski definition) is 5. The molecule has 0 aliphatic rings. The van der Waals surface area contributed by atoms with Crippen LogP contribution in [0.25, 0.3) is 0 Å². The smallest absolute Gasteiger partial charge is 0.262 e. The minimum absolute atomic E-state index is 0.165. The van der Waals surface area contributed by atoms with Crippen molar-refractivity contribution in [3.63, 3.8) is 0 Å². The molecule has 0 aliphatic carbocycles. The first kappa shape index (κ1) is 24.7. The highest BCUT2D eigenvalue weighted by Crippen LogP contribution is 2.36. The first-order valence-corrected chi connectivity index (χ1v) is 10.8. The van der Waals surface area contributed by atoms with Gasteiger partial charge in [-0.15, -0.1) is 0 Å². The molecular weight excluding hydrogens is 486 g/mol. The highest BCUT2D eigenvalue weighted by Gasteiger charge is 2.25. The Morgan fingerprint density at radius 1 is 1.26 bits per heavy atom. The number of hydrazone groups is 1. The summed E-state index contributed by atoms with van der Waals surface area (Å²) in [5.41, 5.74) is 3.47. The van der Waals surface area contributed by atoms with E-state index in [-0.39, 0.29) is 5.92 Å². The number of methoxy groups -OCH3 is 1. The Morgan fingerprint density at radius 2 is 1.97 bits per heavy atom. The number of rotatable bonds is 9. The van der Waals surface area contributed by atoms with Crippen molar-refractivity contribution in [2.75, 3.05) is 13.7 Å². The zero-order valence-corrected chi connectivity index (χ0v) is 20.1. The van der Waals surface area contributed by atoms with Crippen LogP contribution >= 0.6 is 27.5 Å². The topological polar surface area (TPSA) is 89.0 Å². The fourth-order valence-corrected chi connectivity index (χ4v) is 3.61. The van der Waals surface area contributed by atoms with Gasteiger partial charge in [0.2, 0.25) is 0 Å². The second kappa shape index (κ2) is 11.7. The Bertz CT molecular complexity index is 966. The fourth-order valence-electron chi connectivity index (χ4n) is 2.76. The van der Waals surface area contributed by atoms with Gasteiger partial charge >= 0.3 is 0 Å². The van der Waals surface area contributed by atoms with Crippen molar-refractivity contribution in [1.29, 1.82) is 0 Å². The van der Waals surface area contributed by atoms with Crippen LogP contribution in [-0.4, -0.2) is 37.8 Å². The van der Waals surface area contributed by atoms with Crippen LogP contribution in [0.1, 0.15) is 36.7 Å². The monoisotopic (exact) mass is 509 g/mol. The molecule has 2 amide bonds. The summed E-state index contributed by atoms with van der Waals surface area (Å²) < 4.78 is 11.6. The Kier molecular flexibility index (Phi) is 9.33. The average Bonchev–Trinajstić information content (AvgIpc) is 2.72. The van der Waals surface area contributed by atoms with Gasteiger partial charge in [-0.1, -0.05) is 37.6 Å². The maximum Gasteiger partial charge on any atom is 0.262 e. The predicted molar refractivity (Wildman–Crippen MR) is 125 cm³/mol. The predicted octanol–water partition coefficient (Wildman–Crippen LogP) is 4.41. The van der Waals surface area contributed by atoms with Crippen LogP contribution in [0.2, 0.25) is 5.02 Å². The van der Waals surface area contributed by atoms with Crippen LogP contribution in [0, 0.1) is 5.92 Å². The van der Waals surface area contributed by atoms with Crippen molar-refractivity contribution < 1.29 is 19.1 Å². The lowest BCUT2D eigenvalue weighted by molar-refractivity contribution is -0.123. The lowest BCUT2D eigenvalue weighted by atomic mass is 10.0. The zero-order chi connectivity index (χ0) is 23.0. The number of ether oxygens (including phenoxy) is 2. The first-order chi connectivity index (χ1) is 14.8. The Balaban J connectivity index is 2.10. The van der Waals surface area contributed by atoms with Gasteiger partial charge in [0.25, 0.3) is 11.8 Å². The maximum atomic E-state index is 12.6. The Morgan fingerprint density at radius 3 is 2.58 bits per heavy atom. The van der Waals surface area contributed by atoms with Crippen LogP contribution in [0.5, 0.6) is 11.5 Å². The lowest BCUT2D eigenvalue weighted by Crippen LogP contribution is -2.48. The van der Waals surface area contributed by atoms with Gasteiger partial charge < -0.3 is 14.8 Å². The summed E-state index contributed by atoms with van der Waals surface area (Å²) in [5.74, 6) is 0.0962. The number of carbonyl (C=O) groups is 2. The van der Waals surface area contributed by atoms with Crippen molar-refractivity contribution in [3.05, 3.63) is 57.0 Å². The molecule has 1 atom stereocenters. The van der Waals surface area contributed by atoms with Gasteiger partial charge in [0.1, 0.15) is 6.04 Å². The van der Waals surface area contributed by atoms with Crippen molar-refractivity contribution in [3.8, 4) is 11.5 Å². The van der Waals surface area contributed by atoms with Crippen LogP contribution < -0.4 is 20.2 Å². The molecule has 9 heteroatoms. The maximum absolute atomic E-state index is 12.6. The molecular formula is C22H25BrClN3O4. The molecule has 2 aromatic carbocycles. The molecule has 2 N–H and O–H groups in total. The fraction of sp³-hybridized carbons (Fsp3) is 0.318. The van der Waals surface area contributed by atoms with E-state index in [4.69, 9.17) is 21.1 Å². The molecule has 0 saturated carbocycles. The minimum Gasteiger partial charge on any atom is -0.492 e. The molecule has 0 aliphatic heterocycles. The van der Waals surface area contributed by atoms with E-state index in [9.17, 15) is 9.59 Å². The molecule has 1 unspecified atom stereocenters. The van der Waals surface area contributed by atoms with Gasteiger partial charge in [-0.05, 0) is 58.6 Å². The quantitative estimate of drug-likeness (QED) is 0.386. The molecule has 0 bridgehead atoms. The van der Waals surface area contributed by atoms with Gasteiger partial charge in [0, 0.05) is 0 Å². The molecule has 2 aromatic rings. The summed E-state index contributed by atoms with van der Waals surface area (Å²) in [5, 5.41) is 7.06. The summed E-state index contributed by atoms with van der Waals surface area (Å²) in [7, 11) is 1.56. The summed E-state index contributed by atoms with van der Waals surface area (Å²) in [6.07, 6.45) is 1.48. The van der Waals surface area contributed by atoms with Gasteiger partial charge in [0.05, 0.1) is 35.0 Å².